The highest BCUT2D eigenvalue weighted by atomic mass is 16.5. The maximum absolute atomic E-state index is 12.6. The number of rotatable bonds is 5. The first-order valence-electron chi connectivity index (χ1n) is 8.14. The summed E-state index contributed by atoms with van der Waals surface area (Å²) in [6.45, 7) is 0.298. The monoisotopic (exact) mass is 343 g/mol. The molecule has 132 valence electrons. The third-order valence-electron chi connectivity index (χ3n) is 4.62. The topological polar surface area (TPSA) is 84.7 Å². The number of carboxylic acid groups (broad SMARTS) is 1. The van der Waals surface area contributed by atoms with Gasteiger partial charge in [-0.05, 0) is 12.5 Å². The van der Waals surface area contributed by atoms with Gasteiger partial charge in [-0.3, -0.25) is 14.3 Å². The summed E-state index contributed by atoms with van der Waals surface area (Å²) in [5.41, 5.74) is 1.58. The van der Waals surface area contributed by atoms with E-state index in [2.05, 4.69) is 5.10 Å². The summed E-state index contributed by atoms with van der Waals surface area (Å²) in [6, 6.07) is 6.91. The number of aliphatic carboxylic acids is 1. The molecule has 0 unspecified atom stereocenters. The third kappa shape index (κ3) is 3.35. The maximum atomic E-state index is 12.6. The third-order valence-corrected chi connectivity index (χ3v) is 4.62. The first-order chi connectivity index (χ1) is 12.0. The molecule has 1 aromatic carbocycles. The molecule has 1 fully saturated rings. The molecular weight excluding hydrogens is 322 g/mol. The number of methoxy groups -OCH3 is 1. The molecule has 1 amide bonds. The van der Waals surface area contributed by atoms with E-state index in [0.29, 0.717) is 18.7 Å². The van der Waals surface area contributed by atoms with E-state index in [0.717, 1.165) is 11.1 Å². The smallest absolute Gasteiger partial charge is 0.308 e. The van der Waals surface area contributed by atoms with Crippen molar-refractivity contribution in [3.8, 4) is 5.75 Å². The molecule has 0 aliphatic carbocycles. The predicted molar refractivity (Wildman–Crippen MR) is 89.9 cm³/mol. The Labute approximate surface area is 145 Å². The molecule has 2 atom stereocenters. The lowest BCUT2D eigenvalue weighted by atomic mass is 9.85. The number of ether oxygens (including phenoxy) is 1. The van der Waals surface area contributed by atoms with Gasteiger partial charge in [-0.25, -0.2) is 0 Å². The number of piperidine rings is 1. The van der Waals surface area contributed by atoms with Crippen LogP contribution in [0.2, 0.25) is 0 Å². The van der Waals surface area contributed by atoms with E-state index in [-0.39, 0.29) is 12.3 Å². The quantitative estimate of drug-likeness (QED) is 0.897. The van der Waals surface area contributed by atoms with Gasteiger partial charge in [-0.1, -0.05) is 18.2 Å². The van der Waals surface area contributed by atoms with Crippen LogP contribution in [0.3, 0.4) is 0 Å². The standard InChI is InChI=1S/C18H21N3O4/c1-20-10-13(9-19-20)17-14(18(23)24)7-8-16(22)21(17)11-12-5-3-4-6-15(12)25-2/h3-6,9-10,14,17H,7-8,11H2,1-2H3,(H,23,24)/t14-,17-/m0/s1. The SMILES string of the molecule is COc1ccccc1CN1C(=O)CC[C@H](C(=O)O)[C@@H]1c1cnn(C)c1. The number of likely N-dealkylation sites (tertiary alicyclic amines) is 1. The number of benzene rings is 1. The van der Waals surface area contributed by atoms with Gasteiger partial charge in [0.1, 0.15) is 5.75 Å². The lowest BCUT2D eigenvalue weighted by Gasteiger charge is -2.39. The number of nitrogens with zero attached hydrogens (tertiary/aromatic N) is 3. The highest BCUT2D eigenvalue weighted by Gasteiger charge is 2.41. The van der Waals surface area contributed by atoms with Gasteiger partial charge in [0.05, 0.1) is 25.3 Å². The summed E-state index contributed by atoms with van der Waals surface area (Å²) in [6.07, 6.45) is 3.96. The number of aromatic nitrogens is 2. The van der Waals surface area contributed by atoms with Crippen molar-refractivity contribution in [1.29, 1.82) is 0 Å². The second kappa shape index (κ2) is 6.96. The van der Waals surface area contributed by atoms with Gasteiger partial charge in [-0.15, -0.1) is 0 Å². The van der Waals surface area contributed by atoms with E-state index < -0.39 is 17.9 Å². The summed E-state index contributed by atoms with van der Waals surface area (Å²) in [4.78, 5) is 26.0. The van der Waals surface area contributed by atoms with Crippen LogP contribution in [-0.4, -0.2) is 38.8 Å². The number of aryl methyl sites for hydroxylation is 1. The van der Waals surface area contributed by atoms with Gasteiger partial charge in [-0.2, -0.15) is 5.10 Å². The average molecular weight is 343 g/mol. The van der Waals surface area contributed by atoms with Crippen LogP contribution in [0.25, 0.3) is 0 Å². The Morgan fingerprint density at radius 3 is 2.80 bits per heavy atom. The molecule has 25 heavy (non-hydrogen) atoms. The molecule has 2 aromatic rings. The molecule has 0 radical (unpaired) electrons. The molecule has 1 aliphatic rings. The fraction of sp³-hybridized carbons (Fsp3) is 0.389. The van der Waals surface area contributed by atoms with Crippen LogP contribution in [-0.2, 0) is 23.2 Å². The highest BCUT2D eigenvalue weighted by Crippen LogP contribution is 2.38. The van der Waals surface area contributed by atoms with Crippen LogP contribution < -0.4 is 4.74 Å². The van der Waals surface area contributed by atoms with Gasteiger partial charge < -0.3 is 14.7 Å². The second-order valence-corrected chi connectivity index (χ2v) is 6.21. The Balaban J connectivity index is 2.00. The zero-order valence-electron chi connectivity index (χ0n) is 14.3. The number of amides is 1. The van der Waals surface area contributed by atoms with E-state index >= 15 is 0 Å². The van der Waals surface area contributed by atoms with Crippen molar-refractivity contribution in [3.63, 3.8) is 0 Å². The summed E-state index contributed by atoms with van der Waals surface area (Å²) in [7, 11) is 3.35. The highest BCUT2D eigenvalue weighted by molar-refractivity contribution is 5.81. The van der Waals surface area contributed by atoms with Gasteiger partial charge in [0.15, 0.2) is 0 Å². The van der Waals surface area contributed by atoms with Crippen LogP contribution in [0, 0.1) is 5.92 Å². The van der Waals surface area contributed by atoms with E-state index in [1.54, 1.807) is 36.1 Å². The van der Waals surface area contributed by atoms with Gasteiger partial charge in [0.2, 0.25) is 5.91 Å². The largest absolute Gasteiger partial charge is 0.496 e. The maximum Gasteiger partial charge on any atom is 0.308 e. The van der Waals surface area contributed by atoms with Gasteiger partial charge in [0, 0.05) is 37.3 Å². The minimum Gasteiger partial charge on any atom is -0.496 e. The Morgan fingerprint density at radius 2 is 2.16 bits per heavy atom. The van der Waals surface area contributed by atoms with Crippen LogP contribution in [0.4, 0.5) is 0 Å². The molecule has 1 aliphatic heterocycles. The zero-order chi connectivity index (χ0) is 18.0. The van der Waals surface area contributed by atoms with Crippen LogP contribution in [0.15, 0.2) is 36.7 Å². The molecule has 1 saturated heterocycles. The summed E-state index contributed by atoms with van der Waals surface area (Å²) >= 11 is 0. The zero-order valence-corrected chi connectivity index (χ0v) is 14.3. The fourth-order valence-corrected chi connectivity index (χ4v) is 3.42. The molecular formula is C18H21N3O4. The molecule has 7 nitrogen and oxygen atoms in total. The Bertz CT molecular complexity index is 786. The van der Waals surface area contributed by atoms with Crippen molar-refractivity contribution < 1.29 is 19.4 Å². The first kappa shape index (κ1) is 17.0. The average Bonchev–Trinajstić information content (AvgIpc) is 3.02. The molecule has 0 spiro atoms. The summed E-state index contributed by atoms with van der Waals surface area (Å²) in [5, 5.41) is 13.8. The van der Waals surface area contributed by atoms with Crippen LogP contribution >= 0.6 is 0 Å². The molecule has 0 saturated carbocycles. The lowest BCUT2D eigenvalue weighted by molar-refractivity contribution is -0.152. The van der Waals surface area contributed by atoms with Gasteiger partial charge in [0.25, 0.3) is 0 Å². The first-order valence-corrected chi connectivity index (χ1v) is 8.14. The number of carboxylic acids is 1. The van der Waals surface area contributed by atoms with Gasteiger partial charge >= 0.3 is 5.97 Å². The minimum absolute atomic E-state index is 0.0581. The molecule has 3 rings (SSSR count). The molecule has 2 heterocycles. The Hall–Kier alpha value is -2.83. The molecule has 0 bridgehead atoms. The van der Waals surface area contributed by atoms with Crippen LogP contribution in [0.5, 0.6) is 5.75 Å². The van der Waals surface area contributed by atoms with E-state index in [1.807, 2.05) is 24.3 Å². The van der Waals surface area contributed by atoms with E-state index in [1.165, 1.54) is 0 Å². The van der Waals surface area contributed by atoms with Crippen molar-refractivity contribution in [2.75, 3.05) is 7.11 Å². The second-order valence-electron chi connectivity index (χ2n) is 6.21. The number of carbonyl (C=O) groups is 2. The van der Waals surface area contributed by atoms with Crippen molar-refractivity contribution in [2.24, 2.45) is 13.0 Å². The van der Waals surface area contributed by atoms with E-state index in [4.69, 9.17) is 4.74 Å². The predicted octanol–water partition coefficient (Wildman–Crippen LogP) is 1.99. The van der Waals surface area contributed by atoms with Crippen molar-refractivity contribution >= 4 is 11.9 Å². The number of hydrogen-bond donors (Lipinski definition) is 1. The minimum atomic E-state index is -0.897. The fourth-order valence-electron chi connectivity index (χ4n) is 3.42. The van der Waals surface area contributed by atoms with Crippen LogP contribution in [0.1, 0.15) is 30.0 Å². The normalized spacial score (nSPS) is 20.6. The lowest BCUT2D eigenvalue weighted by Crippen LogP contribution is -2.44. The number of para-hydroxylation sites is 1. The Morgan fingerprint density at radius 1 is 1.40 bits per heavy atom. The summed E-state index contributed by atoms with van der Waals surface area (Å²) < 4.78 is 6.99. The molecule has 1 N–H and O–H groups in total. The molecule has 1 aromatic heterocycles. The summed E-state index contributed by atoms with van der Waals surface area (Å²) in [5.74, 6) is -0.932. The number of carbonyl (C=O) groups excluding carboxylic acids is 1. The number of hydrogen-bond acceptors (Lipinski definition) is 4. The van der Waals surface area contributed by atoms with Crippen molar-refractivity contribution in [2.45, 2.75) is 25.4 Å². The van der Waals surface area contributed by atoms with E-state index in [9.17, 15) is 14.7 Å². The van der Waals surface area contributed by atoms with Crippen molar-refractivity contribution in [3.05, 3.63) is 47.8 Å². The van der Waals surface area contributed by atoms with Crippen molar-refractivity contribution in [1.82, 2.24) is 14.7 Å². The Kier molecular flexibility index (Phi) is 4.74. The molecule has 7 heteroatoms.